The number of carboxylic acid groups (broad SMARTS) is 1. The lowest BCUT2D eigenvalue weighted by atomic mass is 9.77. The number of hydrogen-bond acceptors (Lipinski definition) is 2. The first-order valence-corrected chi connectivity index (χ1v) is 8.22. The van der Waals surface area contributed by atoms with Gasteiger partial charge < -0.3 is 10.0 Å². The van der Waals surface area contributed by atoms with Crippen LogP contribution in [0.5, 0.6) is 0 Å². The third-order valence-electron chi connectivity index (χ3n) is 5.68. The zero-order valence-electron chi connectivity index (χ0n) is 12.1. The summed E-state index contributed by atoms with van der Waals surface area (Å²) in [7, 11) is 0. The van der Waals surface area contributed by atoms with E-state index in [0.717, 1.165) is 32.2 Å². The normalized spacial score (nSPS) is 37.5. The fourth-order valence-corrected chi connectivity index (χ4v) is 4.66. The number of nitrogens with zero attached hydrogens (tertiary/aromatic N) is 1. The van der Waals surface area contributed by atoms with Crippen molar-refractivity contribution in [3.63, 3.8) is 0 Å². The Morgan fingerprint density at radius 2 is 1.55 bits per heavy atom. The van der Waals surface area contributed by atoms with Gasteiger partial charge in [0.1, 0.15) is 0 Å². The molecular formula is C16H25NO3. The number of piperidine rings is 1. The minimum absolute atomic E-state index is 0.145. The number of amides is 1. The number of rotatable bonds is 2. The third-order valence-corrected chi connectivity index (χ3v) is 5.68. The van der Waals surface area contributed by atoms with Crippen molar-refractivity contribution in [2.24, 2.45) is 17.8 Å². The topological polar surface area (TPSA) is 57.6 Å². The summed E-state index contributed by atoms with van der Waals surface area (Å²) in [6.45, 7) is 0.850. The third kappa shape index (κ3) is 2.45. The van der Waals surface area contributed by atoms with E-state index in [1.807, 2.05) is 0 Å². The van der Waals surface area contributed by atoms with Gasteiger partial charge in [0.2, 0.25) is 5.91 Å². The number of aliphatic carboxylic acids is 1. The van der Waals surface area contributed by atoms with Crippen LogP contribution in [-0.2, 0) is 9.59 Å². The number of carbonyl (C=O) groups is 2. The lowest BCUT2D eigenvalue weighted by Gasteiger charge is -2.45. The Balaban J connectivity index is 1.73. The maximum atomic E-state index is 12.8. The highest BCUT2D eigenvalue weighted by atomic mass is 16.4. The average molecular weight is 279 g/mol. The standard InChI is InChI=1S/C16H25NO3/c18-15(12-7-3-8-13(12)16(19)20)17-10-4-6-11-5-1-2-9-14(11)17/h11-14H,1-10H2,(H,19,20)/t11?,12-,13+,14?/m1/s1. The van der Waals surface area contributed by atoms with E-state index in [0.29, 0.717) is 18.4 Å². The summed E-state index contributed by atoms with van der Waals surface area (Å²) in [6.07, 6.45) is 9.57. The van der Waals surface area contributed by atoms with Crippen LogP contribution in [0, 0.1) is 17.8 Å². The molecule has 0 aromatic carbocycles. The van der Waals surface area contributed by atoms with Crippen LogP contribution in [0.1, 0.15) is 57.8 Å². The van der Waals surface area contributed by atoms with E-state index in [1.165, 1.54) is 25.7 Å². The summed E-state index contributed by atoms with van der Waals surface area (Å²) in [6, 6.07) is 0.403. The fourth-order valence-electron chi connectivity index (χ4n) is 4.66. The van der Waals surface area contributed by atoms with E-state index in [-0.39, 0.29) is 11.8 Å². The van der Waals surface area contributed by atoms with Crippen molar-refractivity contribution in [3.05, 3.63) is 0 Å². The Kier molecular flexibility index (Phi) is 3.99. The van der Waals surface area contributed by atoms with Gasteiger partial charge in [0.25, 0.3) is 0 Å². The van der Waals surface area contributed by atoms with Crippen LogP contribution in [0.3, 0.4) is 0 Å². The van der Waals surface area contributed by atoms with Crippen molar-refractivity contribution in [3.8, 4) is 0 Å². The van der Waals surface area contributed by atoms with Crippen LogP contribution >= 0.6 is 0 Å². The maximum Gasteiger partial charge on any atom is 0.307 e. The Morgan fingerprint density at radius 1 is 0.850 bits per heavy atom. The molecule has 112 valence electrons. The van der Waals surface area contributed by atoms with Crippen molar-refractivity contribution in [2.75, 3.05) is 6.54 Å². The summed E-state index contributed by atoms with van der Waals surface area (Å²) < 4.78 is 0. The predicted molar refractivity (Wildman–Crippen MR) is 75.2 cm³/mol. The molecule has 3 rings (SSSR count). The molecule has 4 atom stereocenters. The molecule has 3 aliphatic rings. The molecule has 1 N–H and O–H groups in total. The Bertz CT molecular complexity index is 393. The minimum Gasteiger partial charge on any atom is -0.481 e. The zero-order valence-corrected chi connectivity index (χ0v) is 12.1. The van der Waals surface area contributed by atoms with E-state index in [4.69, 9.17) is 0 Å². The quantitative estimate of drug-likeness (QED) is 0.845. The molecule has 2 saturated carbocycles. The highest BCUT2D eigenvalue weighted by Crippen LogP contribution is 2.39. The number of carboxylic acids is 1. The van der Waals surface area contributed by atoms with Gasteiger partial charge >= 0.3 is 5.97 Å². The molecule has 1 saturated heterocycles. The summed E-state index contributed by atoms with van der Waals surface area (Å²) >= 11 is 0. The number of fused-ring (bicyclic) bond motifs is 1. The van der Waals surface area contributed by atoms with Crippen LogP contribution in [0.15, 0.2) is 0 Å². The van der Waals surface area contributed by atoms with Gasteiger partial charge in [-0.3, -0.25) is 9.59 Å². The molecule has 4 nitrogen and oxygen atoms in total. The molecule has 2 aliphatic carbocycles. The Labute approximate surface area is 120 Å². The van der Waals surface area contributed by atoms with Gasteiger partial charge in [0.05, 0.1) is 11.8 Å². The summed E-state index contributed by atoms with van der Waals surface area (Å²) in [5, 5.41) is 9.29. The van der Waals surface area contributed by atoms with Crippen LogP contribution in [0.2, 0.25) is 0 Å². The molecule has 20 heavy (non-hydrogen) atoms. The molecule has 4 heteroatoms. The van der Waals surface area contributed by atoms with Crippen molar-refractivity contribution in [1.82, 2.24) is 4.90 Å². The minimum atomic E-state index is -0.780. The van der Waals surface area contributed by atoms with Crippen LogP contribution < -0.4 is 0 Å². The SMILES string of the molecule is O=C(O)[C@H]1CCC[C@H]1C(=O)N1CCCC2CCCCC21. The lowest BCUT2D eigenvalue weighted by molar-refractivity contribution is -0.152. The largest absolute Gasteiger partial charge is 0.481 e. The molecule has 0 aromatic heterocycles. The van der Waals surface area contributed by atoms with Crippen LogP contribution in [0.25, 0.3) is 0 Å². The van der Waals surface area contributed by atoms with Crippen LogP contribution in [-0.4, -0.2) is 34.5 Å². The molecule has 1 aliphatic heterocycles. The Hall–Kier alpha value is -1.06. The second-order valence-electron chi connectivity index (χ2n) is 6.77. The molecule has 0 bridgehead atoms. The summed E-state index contributed by atoms with van der Waals surface area (Å²) in [5.74, 6) is -0.657. The van der Waals surface area contributed by atoms with Crippen LogP contribution in [0.4, 0.5) is 0 Å². The van der Waals surface area contributed by atoms with Crippen molar-refractivity contribution >= 4 is 11.9 Å². The van der Waals surface area contributed by atoms with Gasteiger partial charge in [-0.2, -0.15) is 0 Å². The van der Waals surface area contributed by atoms with Gasteiger partial charge in [0, 0.05) is 12.6 Å². The molecule has 0 radical (unpaired) electrons. The van der Waals surface area contributed by atoms with Gasteiger partial charge in [-0.05, 0) is 44.4 Å². The first kappa shape index (κ1) is 13.9. The van der Waals surface area contributed by atoms with E-state index >= 15 is 0 Å². The Morgan fingerprint density at radius 3 is 2.35 bits per heavy atom. The predicted octanol–water partition coefficient (Wildman–Crippen LogP) is 2.67. The molecular weight excluding hydrogens is 254 g/mol. The number of likely N-dealkylation sites (tertiary alicyclic amines) is 1. The van der Waals surface area contributed by atoms with E-state index < -0.39 is 11.9 Å². The molecule has 3 fully saturated rings. The number of hydrogen-bond donors (Lipinski definition) is 1. The van der Waals surface area contributed by atoms with Crippen molar-refractivity contribution in [1.29, 1.82) is 0 Å². The zero-order chi connectivity index (χ0) is 14.1. The second kappa shape index (κ2) is 5.74. The molecule has 0 aromatic rings. The number of carbonyl (C=O) groups excluding carboxylic acids is 1. The summed E-state index contributed by atoms with van der Waals surface area (Å²) in [4.78, 5) is 26.2. The van der Waals surface area contributed by atoms with E-state index in [1.54, 1.807) is 0 Å². The molecule has 2 unspecified atom stereocenters. The smallest absolute Gasteiger partial charge is 0.307 e. The first-order chi connectivity index (χ1) is 9.68. The molecule has 0 spiro atoms. The average Bonchev–Trinajstić information content (AvgIpc) is 2.95. The van der Waals surface area contributed by atoms with Gasteiger partial charge in [-0.25, -0.2) is 0 Å². The van der Waals surface area contributed by atoms with Gasteiger partial charge in [0.15, 0.2) is 0 Å². The van der Waals surface area contributed by atoms with E-state index in [2.05, 4.69) is 4.90 Å². The monoisotopic (exact) mass is 279 g/mol. The fraction of sp³-hybridized carbons (Fsp3) is 0.875. The van der Waals surface area contributed by atoms with E-state index in [9.17, 15) is 14.7 Å². The maximum absolute atomic E-state index is 12.8. The van der Waals surface area contributed by atoms with Gasteiger partial charge in [-0.1, -0.05) is 19.3 Å². The first-order valence-electron chi connectivity index (χ1n) is 8.22. The summed E-state index contributed by atoms with van der Waals surface area (Å²) in [5.41, 5.74) is 0. The van der Waals surface area contributed by atoms with Gasteiger partial charge in [-0.15, -0.1) is 0 Å². The lowest BCUT2D eigenvalue weighted by Crippen LogP contribution is -2.52. The highest BCUT2D eigenvalue weighted by molar-refractivity contribution is 5.85. The highest BCUT2D eigenvalue weighted by Gasteiger charge is 2.43. The second-order valence-corrected chi connectivity index (χ2v) is 6.77. The van der Waals surface area contributed by atoms with Crippen molar-refractivity contribution in [2.45, 2.75) is 63.8 Å². The van der Waals surface area contributed by atoms with Crippen molar-refractivity contribution < 1.29 is 14.7 Å². The molecule has 1 heterocycles. The molecule has 1 amide bonds.